The lowest BCUT2D eigenvalue weighted by Gasteiger charge is -2.28. The van der Waals surface area contributed by atoms with Gasteiger partial charge in [0.25, 0.3) is 0 Å². The van der Waals surface area contributed by atoms with E-state index in [0.29, 0.717) is 26.1 Å². The maximum atomic E-state index is 11.5. The zero-order valence-electron chi connectivity index (χ0n) is 15.5. The predicted octanol–water partition coefficient (Wildman–Crippen LogP) is 1.23. The average Bonchev–Trinajstić information content (AvgIpc) is 2.86. The number of aliphatic hydroxyl groups excluding tert-OH is 1. The number of para-hydroxylation sites is 1. The quantitative estimate of drug-likeness (QED) is 0.765. The Morgan fingerprint density at radius 2 is 1.88 bits per heavy atom. The van der Waals surface area contributed by atoms with Crippen LogP contribution in [-0.2, 0) is 11.3 Å². The second-order valence-corrected chi connectivity index (χ2v) is 7.31. The number of β-amino-alcohol motifs (C(OH)–C–C–N with tert-alkyl or cyclic N) is 1. The minimum Gasteiger partial charge on any atom is -0.491 e. The van der Waals surface area contributed by atoms with E-state index < -0.39 is 6.10 Å². The van der Waals surface area contributed by atoms with Crippen LogP contribution < -0.4 is 10.1 Å². The topological polar surface area (TPSA) is 65.0 Å². The molecule has 2 N–H and O–H groups in total. The molecule has 26 heavy (non-hydrogen) atoms. The van der Waals surface area contributed by atoms with E-state index in [1.54, 1.807) is 0 Å². The molecule has 0 radical (unpaired) electrons. The Balaban J connectivity index is 1.50. The number of hydrogen-bond acceptors (Lipinski definition) is 5. The van der Waals surface area contributed by atoms with Crippen LogP contribution in [-0.4, -0.2) is 72.8 Å². The molecule has 2 heterocycles. The molecule has 6 heteroatoms. The van der Waals surface area contributed by atoms with Crippen LogP contribution in [0, 0.1) is 0 Å². The highest BCUT2D eigenvalue weighted by Crippen LogP contribution is 2.21. The number of aliphatic hydroxyl groups is 1. The molecular weight excluding hydrogens is 330 g/mol. The van der Waals surface area contributed by atoms with Crippen LogP contribution in [0.15, 0.2) is 24.3 Å². The maximum Gasteiger partial charge on any atom is 0.221 e. The van der Waals surface area contributed by atoms with E-state index in [4.69, 9.17) is 4.74 Å². The molecule has 0 bridgehead atoms. The largest absolute Gasteiger partial charge is 0.491 e. The van der Waals surface area contributed by atoms with Crippen LogP contribution in [0.3, 0.4) is 0 Å². The second kappa shape index (κ2) is 9.90. The zero-order chi connectivity index (χ0) is 18.2. The van der Waals surface area contributed by atoms with Crippen LogP contribution in [0.25, 0.3) is 0 Å². The third-order valence-corrected chi connectivity index (χ3v) is 5.12. The van der Waals surface area contributed by atoms with Gasteiger partial charge >= 0.3 is 0 Å². The van der Waals surface area contributed by atoms with Gasteiger partial charge in [0.15, 0.2) is 0 Å². The van der Waals surface area contributed by atoms with Gasteiger partial charge in [-0.25, -0.2) is 0 Å². The molecule has 1 atom stereocenters. The highest BCUT2D eigenvalue weighted by molar-refractivity contribution is 5.76. The molecule has 2 saturated heterocycles. The number of carbonyl (C=O) groups excluding carboxylic acids is 1. The highest BCUT2D eigenvalue weighted by atomic mass is 16.5. The van der Waals surface area contributed by atoms with E-state index in [-0.39, 0.29) is 5.91 Å². The smallest absolute Gasteiger partial charge is 0.221 e. The number of amides is 1. The summed E-state index contributed by atoms with van der Waals surface area (Å²) in [6.45, 7) is 6.21. The van der Waals surface area contributed by atoms with Crippen LogP contribution in [0.4, 0.5) is 0 Å². The molecule has 1 amide bonds. The number of ether oxygens (including phenoxy) is 1. The first-order valence-corrected chi connectivity index (χ1v) is 9.81. The van der Waals surface area contributed by atoms with Crippen molar-refractivity contribution in [2.24, 2.45) is 0 Å². The lowest BCUT2D eigenvalue weighted by molar-refractivity contribution is -0.120. The van der Waals surface area contributed by atoms with Crippen molar-refractivity contribution < 1.29 is 14.6 Å². The van der Waals surface area contributed by atoms with Crippen molar-refractivity contribution in [3.63, 3.8) is 0 Å². The summed E-state index contributed by atoms with van der Waals surface area (Å²) in [5, 5.41) is 13.2. The second-order valence-electron chi connectivity index (χ2n) is 7.31. The molecular formula is C20H31N3O3. The van der Waals surface area contributed by atoms with Gasteiger partial charge in [0.1, 0.15) is 18.5 Å². The van der Waals surface area contributed by atoms with Gasteiger partial charge in [0.2, 0.25) is 5.91 Å². The first kappa shape index (κ1) is 19.1. The first-order chi connectivity index (χ1) is 12.7. The summed E-state index contributed by atoms with van der Waals surface area (Å²) in [5.41, 5.74) is 1.10. The summed E-state index contributed by atoms with van der Waals surface area (Å²) >= 11 is 0. The molecule has 2 aliphatic heterocycles. The molecule has 3 rings (SSSR count). The van der Waals surface area contributed by atoms with Crippen LogP contribution in [0.5, 0.6) is 5.75 Å². The molecule has 1 aromatic rings. The van der Waals surface area contributed by atoms with E-state index in [0.717, 1.165) is 44.0 Å². The molecule has 6 nitrogen and oxygen atoms in total. The van der Waals surface area contributed by atoms with Crippen molar-refractivity contribution in [1.29, 1.82) is 0 Å². The molecule has 0 unspecified atom stereocenters. The number of hydrogen-bond donors (Lipinski definition) is 2. The van der Waals surface area contributed by atoms with E-state index >= 15 is 0 Å². The van der Waals surface area contributed by atoms with Crippen molar-refractivity contribution in [3.05, 3.63) is 29.8 Å². The van der Waals surface area contributed by atoms with Crippen molar-refractivity contribution in [2.75, 3.05) is 45.9 Å². The highest BCUT2D eigenvalue weighted by Gasteiger charge is 2.17. The van der Waals surface area contributed by atoms with Crippen molar-refractivity contribution in [3.8, 4) is 5.75 Å². The van der Waals surface area contributed by atoms with Gasteiger partial charge in [-0.3, -0.25) is 9.69 Å². The number of carbonyl (C=O) groups is 1. The number of rotatable bonds is 7. The number of likely N-dealkylation sites (tertiary alicyclic amines) is 1. The minimum atomic E-state index is -0.471. The Morgan fingerprint density at radius 3 is 2.73 bits per heavy atom. The Hall–Kier alpha value is -1.63. The van der Waals surface area contributed by atoms with Gasteiger partial charge in [0, 0.05) is 44.7 Å². The van der Waals surface area contributed by atoms with Gasteiger partial charge in [-0.05, 0) is 32.0 Å². The van der Waals surface area contributed by atoms with Crippen molar-refractivity contribution in [1.82, 2.24) is 15.1 Å². The fraction of sp³-hybridized carbons (Fsp3) is 0.650. The molecule has 144 valence electrons. The summed E-state index contributed by atoms with van der Waals surface area (Å²) in [5.74, 6) is 0.951. The molecule has 2 aliphatic rings. The SMILES string of the molecule is O=C1CCN(Cc2ccccc2OC[C@@H](O)CN2CCCCC2)CCN1. The number of nitrogens with one attached hydrogen (secondary N) is 1. The van der Waals surface area contributed by atoms with E-state index in [1.807, 2.05) is 18.2 Å². The molecule has 0 aliphatic carbocycles. The lowest BCUT2D eigenvalue weighted by Crippen LogP contribution is -2.38. The zero-order valence-corrected chi connectivity index (χ0v) is 15.5. The number of piperidine rings is 1. The van der Waals surface area contributed by atoms with Crippen LogP contribution in [0.1, 0.15) is 31.2 Å². The first-order valence-electron chi connectivity index (χ1n) is 9.81. The summed E-state index contributed by atoms with van der Waals surface area (Å²) in [6.07, 6.45) is 3.82. The molecule has 0 aromatic heterocycles. The Morgan fingerprint density at radius 1 is 1.08 bits per heavy atom. The monoisotopic (exact) mass is 361 g/mol. The molecule has 0 saturated carbocycles. The van der Waals surface area contributed by atoms with Gasteiger partial charge in [-0.15, -0.1) is 0 Å². The van der Waals surface area contributed by atoms with Gasteiger partial charge in [-0.2, -0.15) is 0 Å². The molecule has 0 spiro atoms. The summed E-state index contributed by atoms with van der Waals surface area (Å²) in [6, 6.07) is 7.99. The van der Waals surface area contributed by atoms with Gasteiger partial charge in [-0.1, -0.05) is 24.6 Å². The number of nitrogens with zero attached hydrogens (tertiary/aromatic N) is 2. The Kier molecular flexibility index (Phi) is 7.29. The average molecular weight is 361 g/mol. The molecule has 1 aromatic carbocycles. The van der Waals surface area contributed by atoms with E-state index in [2.05, 4.69) is 21.2 Å². The van der Waals surface area contributed by atoms with Gasteiger partial charge < -0.3 is 20.1 Å². The molecule has 2 fully saturated rings. The van der Waals surface area contributed by atoms with Gasteiger partial charge in [0.05, 0.1) is 0 Å². The van der Waals surface area contributed by atoms with E-state index in [1.165, 1.54) is 19.3 Å². The van der Waals surface area contributed by atoms with Crippen molar-refractivity contribution >= 4 is 5.91 Å². The lowest BCUT2D eigenvalue weighted by atomic mass is 10.1. The van der Waals surface area contributed by atoms with E-state index in [9.17, 15) is 9.90 Å². The third-order valence-electron chi connectivity index (χ3n) is 5.12. The number of benzene rings is 1. The predicted molar refractivity (Wildman–Crippen MR) is 101 cm³/mol. The fourth-order valence-corrected chi connectivity index (χ4v) is 3.67. The fourth-order valence-electron chi connectivity index (χ4n) is 3.67. The summed E-state index contributed by atoms with van der Waals surface area (Å²) < 4.78 is 5.95. The van der Waals surface area contributed by atoms with Crippen LogP contribution in [0.2, 0.25) is 0 Å². The Labute approximate surface area is 156 Å². The van der Waals surface area contributed by atoms with Crippen molar-refractivity contribution in [2.45, 2.75) is 38.3 Å². The standard InChI is InChI=1S/C20H31N3O3/c24-18(15-22-10-4-1-5-11-22)16-26-19-7-3-2-6-17(19)14-23-12-8-20(25)21-9-13-23/h2-3,6-7,18,24H,1,4-5,8-16H2,(H,21,25)/t18-/m0/s1. The third kappa shape index (κ3) is 5.97. The summed E-state index contributed by atoms with van der Waals surface area (Å²) in [4.78, 5) is 16.1. The summed E-state index contributed by atoms with van der Waals surface area (Å²) in [7, 11) is 0. The van der Waals surface area contributed by atoms with Crippen LogP contribution >= 0.6 is 0 Å². The minimum absolute atomic E-state index is 0.123. The normalized spacial score (nSPS) is 21.0. The maximum absolute atomic E-state index is 11.5. The Bertz CT molecular complexity index is 575.